The highest BCUT2D eigenvalue weighted by Gasteiger charge is 2.19. The molecule has 0 aliphatic heterocycles. The smallest absolute Gasteiger partial charge is 0.323 e. The summed E-state index contributed by atoms with van der Waals surface area (Å²) in [7, 11) is -2.56. The molecule has 9 heteroatoms. The summed E-state index contributed by atoms with van der Waals surface area (Å²) in [6.07, 6.45) is 0. The molecule has 0 radical (unpaired) electrons. The highest BCUT2D eigenvalue weighted by Crippen LogP contribution is 2.16. The summed E-state index contributed by atoms with van der Waals surface area (Å²) in [4.78, 5) is 24.3. The SMILES string of the molecule is COc1ccc(S(=O)(=O)NC(=O)c2ccc(NC(=O)Nc3ccccc3)cc2)cc1. The summed E-state index contributed by atoms with van der Waals surface area (Å²) in [5.74, 6) is -0.286. The van der Waals surface area contributed by atoms with E-state index in [-0.39, 0.29) is 10.5 Å². The molecule has 0 unspecified atom stereocenters. The summed E-state index contributed by atoms with van der Waals surface area (Å²) in [6.45, 7) is 0. The standard InChI is InChI=1S/C21H19N3O5S/c1-29-18-11-13-19(14-12-18)30(27,28)24-20(25)15-7-9-17(10-8-15)23-21(26)22-16-5-3-2-4-6-16/h2-14H,1H3,(H,24,25)(H2,22,23,26). The number of para-hydroxylation sites is 1. The Morgan fingerprint density at radius 1 is 0.767 bits per heavy atom. The van der Waals surface area contributed by atoms with E-state index in [1.165, 1.54) is 55.6 Å². The number of carbonyl (C=O) groups excluding carboxylic acids is 2. The maximum Gasteiger partial charge on any atom is 0.323 e. The molecule has 3 aromatic carbocycles. The molecule has 0 atom stereocenters. The largest absolute Gasteiger partial charge is 0.497 e. The fourth-order valence-electron chi connectivity index (χ4n) is 2.51. The number of carbonyl (C=O) groups is 2. The fourth-order valence-corrected chi connectivity index (χ4v) is 3.49. The summed E-state index contributed by atoms with van der Waals surface area (Å²) < 4.78 is 31.7. The number of ether oxygens (including phenoxy) is 1. The van der Waals surface area contributed by atoms with Crippen molar-refractivity contribution in [3.63, 3.8) is 0 Å². The van der Waals surface area contributed by atoms with E-state index < -0.39 is 22.0 Å². The summed E-state index contributed by atoms with van der Waals surface area (Å²) in [6, 6.07) is 20.0. The number of amides is 3. The Bertz CT molecular complexity index is 1130. The first-order chi connectivity index (χ1) is 14.4. The molecule has 154 valence electrons. The van der Waals surface area contributed by atoms with Crippen LogP contribution in [0.4, 0.5) is 16.2 Å². The second-order valence-corrected chi connectivity index (χ2v) is 7.82. The Morgan fingerprint density at radius 2 is 1.33 bits per heavy atom. The first-order valence-corrected chi connectivity index (χ1v) is 10.3. The van der Waals surface area contributed by atoms with E-state index in [0.29, 0.717) is 17.1 Å². The zero-order chi connectivity index (χ0) is 21.6. The third kappa shape index (κ3) is 5.36. The van der Waals surface area contributed by atoms with Crippen LogP contribution in [-0.4, -0.2) is 27.5 Å². The number of rotatable bonds is 6. The van der Waals surface area contributed by atoms with E-state index in [4.69, 9.17) is 4.74 Å². The van der Waals surface area contributed by atoms with Crippen LogP contribution in [-0.2, 0) is 10.0 Å². The average molecular weight is 425 g/mol. The molecule has 0 aliphatic carbocycles. The number of urea groups is 1. The first kappa shape index (κ1) is 20.9. The van der Waals surface area contributed by atoms with Gasteiger partial charge in [-0.2, -0.15) is 0 Å². The first-order valence-electron chi connectivity index (χ1n) is 8.82. The van der Waals surface area contributed by atoms with Crippen molar-refractivity contribution in [2.75, 3.05) is 17.7 Å². The van der Waals surface area contributed by atoms with Gasteiger partial charge in [0, 0.05) is 16.9 Å². The van der Waals surface area contributed by atoms with Crippen LogP contribution in [0.5, 0.6) is 5.75 Å². The van der Waals surface area contributed by atoms with Gasteiger partial charge in [-0.1, -0.05) is 18.2 Å². The van der Waals surface area contributed by atoms with Crippen LogP contribution in [0.3, 0.4) is 0 Å². The van der Waals surface area contributed by atoms with Gasteiger partial charge in [-0.05, 0) is 60.7 Å². The maximum atomic E-state index is 12.4. The minimum Gasteiger partial charge on any atom is -0.497 e. The minimum absolute atomic E-state index is 0.0625. The molecule has 30 heavy (non-hydrogen) atoms. The Morgan fingerprint density at radius 3 is 1.90 bits per heavy atom. The Kier molecular flexibility index (Phi) is 6.33. The molecule has 3 amide bonds. The van der Waals surface area contributed by atoms with E-state index in [1.807, 2.05) is 10.8 Å². The lowest BCUT2D eigenvalue weighted by atomic mass is 10.2. The molecule has 3 aromatic rings. The van der Waals surface area contributed by atoms with Crippen molar-refractivity contribution in [1.29, 1.82) is 0 Å². The number of anilines is 2. The summed E-state index contributed by atoms with van der Waals surface area (Å²) >= 11 is 0. The zero-order valence-corrected chi connectivity index (χ0v) is 16.8. The predicted molar refractivity (Wildman–Crippen MR) is 113 cm³/mol. The zero-order valence-electron chi connectivity index (χ0n) is 16.0. The Hall–Kier alpha value is -3.85. The number of sulfonamides is 1. The average Bonchev–Trinajstić information content (AvgIpc) is 2.74. The number of nitrogens with one attached hydrogen (secondary N) is 3. The van der Waals surface area contributed by atoms with Gasteiger partial charge < -0.3 is 15.4 Å². The highest BCUT2D eigenvalue weighted by atomic mass is 32.2. The second-order valence-electron chi connectivity index (χ2n) is 6.13. The molecule has 0 fully saturated rings. The third-order valence-electron chi connectivity index (χ3n) is 4.03. The molecule has 0 heterocycles. The lowest BCUT2D eigenvalue weighted by Gasteiger charge is -2.09. The Labute approximate surface area is 173 Å². The van der Waals surface area contributed by atoms with E-state index in [9.17, 15) is 18.0 Å². The van der Waals surface area contributed by atoms with Crippen LogP contribution < -0.4 is 20.1 Å². The lowest BCUT2D eigenvalue weighted by Crippen LogP contribution is -2.30. The van der Waals surface area contributed by atoms with Gasteiger partial charge in [0.2, 0.25) is 0 Å². The molecular weight excluding hydrogens is 406 g/mol. The van der Waals surface area contributed by atoms with Gasteiger partial charge in [0.15, 0.2) is 0 Å². The van der Waals surface area contributed by atoms with E-state index >= 15 is 0 Å². The molecule has 3 N–H and O–H groups in total. The third-order valence-corrected chi connectivity index (χ3v) is 5.38. The van der Waals surface area contributed by atoms with Crippen LogP contribution in [0.25, 0.3) is 0 Å². The van der Waals surface area contributed by atoms with Crippen molar-refractivity contribution in [2.45, 2.75) is 4.90 Å². The topological polar surface area (TPSA) is 114 Å². The monoisotopic (exact) mass is 425 g/mol. The van der Waals surface area contributed by atoms with Gasteiger partial charge in [0.05, 0.1) is 12.0 Å². The van der Waals surface area contributed by atoms with E-state index in [0.717, 1.165) is 0 Å². The molecular formula is C21H19N3O5S. The van der Waals surface area contributed by atoms with Gasteiger partial charge in [-0.25, -0.2) is 17.9 Å². The van der Waals surface area contributed by atoms with Crippen LogP contribution in [0.15, 0.2) is 83.8 Å². The molecule has 0 aliphatic rings. The summed E-state index contributed by atoms with van der Waals surface area (Å²) in [5.41, 5.74) is 1.20. The Balaban J connectivity index is 1.62. The minimum atomic E-state index is -4.03. The van der Waals surface area contributed by atoms with Gasteiger partial charge in [0.25, 0.3) is 15.9 Å². The number of hydrogen-bond donors (Lipinski definition) is 3. The maximum absolute atomic E-state index is 12.4. The van der Waals surface area contributed by atoms with Crippen LogP contribution in [0.1, 0.15) is 10.4 Å². The van der Waals surface area contributed by atoms with Crippen molar-refractivity contribution in [2.24, 2.45) is 0 Å². The van der Waals surface area contributed by atoms with Gasteiger partial charge >= 0.3 is 6.03 Å². The van der Waals surface area contributed by atoms with Gasteiger partial charge in [-0.3, -0.25) is 4.79 Å². The molecule has 3 rings (SSSR count). The van der Waals surface area contributed by atoms with Gasteiger partial charge in [-0.15, -0.1) is 0 Å². The van der Waals surface area contributed by atoms with Crippen molar-refractivity contribution in [1.82, 2.24) is 4.72 Å². The highest BCUT2D eigenvalue weighted by molar-refractivity contribution is 7.90. The second kappa shape index (κ2) is 9.10. The predicted octanol–water partition coefficient (Wildman–Crippen LogP) is 3.46. The van der Waals surface area contributed by atoms with Crippen LogP contribution in [0, 0.1) is 0 Å². The van der Waals surface area contributed by atoms with Crippen molar-refractivity contribution in [3.05, 3.63) is 84.4 Å². The molecule has 0 saturated heterocycles. The lowest BCUT2D eigenvalue weighted by molar-refractivity contribution is 0.0981. The molecule has 0 spiro atoms. The van der Waals surface area contributed by atoms with Gasteiger partial charge in [0.1, 0.15) is 5.75 Å². The molecule has 0 bridgehead atoms. The molecule has 0 saturated carbocycles. The van der Waals surface area contributed by atoms with E-state index in [1.54, 1.807) is 24.3 Å². The fraction of sp³-hybridized carbons (Fsp3) is 0.0476. The number of benzene rings is 3. The van der Waals surface area contributed by atoms with Crippen molar-refractivity contribution in [3.8, 4) is 5.75 Å². The van der Waals surface area contributed by atoms with Crippen LogP contribution >= 0.6 is 0 Å². The number of hydrogen-bond acceptors (Lipinski definition) is 5. The van der Waals surface area contributed by atoms with Crippen molar-refractivity contribution >= 4 is 33.3 Å². The van der Waals surface area contributed by atoms with E-state index in [2.05, 4.69) is 10.6 Å². The summed E-state index contributed by atoms with van der Waals surface area (Å²) in [5, 5.41) is 5.30. The molecule has 8 nitrogen and oxygen atoms in total. The van der Waals surface area contributed by atoms with Crippen molar-refractivity contribution < 1.29 is 22.7 Å². The normalized spacial score (nSPS) is 10.7. The van der Waals surface area contributed by atoms with Crippen LogP contribution in [0.2, 0.25) is 0 Å². The quantitative estimate of drug-likeness (QED) is 0.560. The molecule has 0 aromatic heterocycles. The number of methoxy groups -OCH3 is 1.